The van der Waals surface area contributed by atoms with Gasteiger partial charge in [0.25, 0.3) is 0 Å². The second kappa shape index (κ2) is 5.16. The Hall–Kier alpha value is -0.910. The van der Waals surface area contributed by atoms with Gasteiger partial charge in [0.1, 0.15) is 0 Å². The minimum Gasteiger partial charge on any atom is -0.394 e. The molecule has 0 aliphatic carbocycles. The number of aliphatic hydroxyl groups is 1. The molecule has 0 bridgehead atoms. The average Bonchev–Trinajstić information content (AvgIpc) is 2.67. The van der Waals surface area contributed by atoms with Crippen molar-refractivity contribution in [1.29, 1.82) is 0 Å². The molecule has 1 aliphatic rings. The third-order valence-electron chi connectivity index (χ3n) is 3.05. The summed E-state index contributed by atoms with van der Waals surface area (Å²) in [6.07, 6.45) is 0.631. The molecular formula is C12H17NO3S. The first-order chi connectivity index (χ1) is 8.11. The molecule has 2 N–H and O–H groups in total. The standard InChI is InChI=1S/C12H17NO3S/c14-8-12(10-4-2-1-3-5-10)13-11-6-7-17(15,16)9-11/h1-5,11-14H,6-9H2/t11?,12-/m1/s1. The largest absolute Gasteiger partial charge is 0.394 e. The molecule has 0 radical (unpaired) electrons. The summed E-state index contributed by atoms with van der Waals surface area (Å²) in [7, 11) is -2.88. The maximum atomic E-state index is 11.3. The quantitative estimate of drug-likeness (QED) is 0.822. The van der Waals surface area contributed by atoms with Gasteiger partial charge < -0.3 is 10.4 Å². The molecule has 4 nitrogen and oxygen atoms in total. The van der Waals surface area contributed by atoms with Gasteiger partial charge in [-0.05, 0) is 12.0 Å². The minimum atomic E-state index is -2.88. The van der Waals surface area contributed by atoms with Crippen molar-refractivity contribution in [3.05, 3.63) is 35.9 Å². The Bertz CT molecular complexity index is 458. The van der Waals surface area contributed by atoms with Crippen molar-refractivity contribution >= 4 is 9.84 Å². The molecule has 1 fully saturated rings. The number of rotatable bonds is 4. The van der Waals surface area contributed by atoms with Crippen LogP contribution < -0.4 is 5.32 Å². The van der Waals surface area contributed by atoms with E-state index in [1.165, 1.54) is 0 Å². The zero-order valence-corrected chi connectivity index (χ0v) is 10.4. The van der Waals surface area contributed by atoms with E-state index in [2.05, 4.69) is 5.32 Å². The molecule has 1 aromatic carbocycles. The molecule has 94 valence electrons. The molecule has 17 heavy (non-hydrogen) atoms. The van der Waals surface area contributed by atoms with E-state index in [1.807, 2.05) is 30.3 Å². The molecule has 2 atom stereocenters. The predicted molar refractivity (Wildman–Crippen MR) is 66.5 cm³/mol. The molecule has 1 aliphatic heterocycles. The molecule has 0 amide bonds. The van der Waals surface area contributed by atoms with Crippen LogP contribution in [-0.2, 0) is 9.84 Å². The van der Waals surface area contributed by atoms with Crippen LogP contribution in [0.4, 0.5) is 0 Å². The van der Waals surface area contributed by atoms with Crippen LogP contribution in [0.2, 0.25) is 0 Å². The fourth-order valence-electron chi connectivity index (χ4n) is 2.15. The van der Waals surface area contributed by atoms with Crippen LogP contribution in [-0.4, -0.2) is 37.7 Å². The van der Waals surface area contributed by atoms with Gasteiger partial charge in [-0.1, -0.05) is 30.3 Å². The van der Waals surface area contributed by atoms with Crippen molar-refractivity contribution in [1.82, 2.24) is 5.32 Å². The molecule has 0 aromatic heterocycles. The molecular weight excluding hydrogens is 238 g/mol. The molecule has 0 saturated carbocycles. The van der Waals surface area contributed by atoms with Crippen LogP contribution in [0, 0.1) is 0 Å². The number of hydrogen-bond acceptors (Lipinski definition) is 4. The minimum absolute atomic E-state index is 0.0272. The Labute approximate surface area is 102 Å². The molecule has 2 rings (SSSR count). The Morgan fingerprint density at radius 1 is 1.35 bits per heavy atom. The molecule has 5 heteroatoms. The van der Waals surface area contributed by atoms with Gasteiger partial charge >= 0.3 is 0 Å². The van der Waals surface area contributed by atoms with E-state index in [4.69, 9.17) is 0 Å². The Balaban J connectivity index is 2.02. The highest BCUT2D eigenvalue weighted by molar-refractivity contribution is 7.91. The van der Waals surface area contributed by atoms with Crippen LogP contribution in [0.1, 0.15) is 18.0 Å². The van der Waals surface area contributed by atoms with Crippen molar-refractivity contribution in [3.8, 4) is 0 Å². The maximum Gasteiger partial charge on any atom is 0.151 e. The van der Waals surface area contributed by atoms with Gasteiger partial charge in [0, 0.05) is 6.04 Å². The first-order valence-corrected chi connectivity index (χ1v) is 7.55. The number of benzene rings is 1. The molecule has 1 unspecified atom stereocenters. The van der Waals surface area contributed by atoms with E-state index in [-0.39, 0.29) is 30.2 Å². The first kappa shape index (κ1) is 12.5. The van der Waals surface area contributed by atoms with E-state index in [1.54, 1.807) is 0 Å². The summed E-state index contributed by atoms with van der Waals surface area (Å²) in [6, 6.07) is 9.36. The summed E-state index contributed by atoms with van der Waals surface area (Å²) >= 11 is 0. The van der Waals surface area contributed by atoms with E-state index in [0.717, 1.165) is 5.56 Å². The van der Waals surface area contributed by atoms with Gasteiger partial charge in [-0.3, -0.25) is 0 Å². The highest BCUT2D eigenvalue weighted by Gasteiger charge is 2.29. The van der Waals surface area contributed by atoms with Crippen LogP contribution >= 0.6 is 0 Å². The van der Waals surface area contributed by atoms with Crippen LogP contribution in [0.15, 0.2) is 30.3 Å². The second-order valence-corrected chi connectivity index (χ2v) is 6.64. The summed E-state index contributed by atoms with van der Waals surface area (Å²) in [6.45, 7) is -0.0272. The lowest BCUT2D eigenvalue weighted by molar-refractivity contribution is 0.235. The normalized spacial score (nSPS) is 24.6. The Morgan fingerprint density at radius 3 is 2.59 bits per heavy atom. The first-order valence-electron chi connectivity index (χ1n) is 5.73. The average molecular weight is 255 g/mol. The van der Waals surface area contributed by atoms with Gasteiger partial charge in [0.05, 0.1) is 24.2 Å². The predicted octanol–water partition coefficient (Wildman–Crippen LogP) is 0.497. The summed E-state index contributed by atoms with van der Waals surface area (Å²) in [5.41, 5.74) is 0.985. The van der Waals surface area contributed by atoms with Crippen molar-refractivity contribution in [2.45, 2.75) is 18.5 Å². The molecule has 1 heterocycles. The van der Waals surface area contributed by atoms with Crippen molar-refractivity contribution in [2.24, 2.45) is 0 Å². The summed E-state index contributed by atoms with van der Waals surface area (Å²) in [4.78, 5) is 0. The van der Waals surface area contributed by atoms with E-state index in [0.29, 0.717) is 6.42 Å². The SMILES string of the molecule is O=S1(=O)CCC(N[C@H](CO)c2ccccc2)C1. The number of sulfone groups is 1. The van der Waals surface area contributed by atoms with Crippen molar-refractivity contribution in [2.75, 3.05) is 18.1 Å². The van der Waals surface area contributed by atoms with Crippen molar-refractivity contribution in [3.63, 3.8) is 0 Å². The lowest BCUT2D eigenvalue weighted by Crippen LogP contribution is -2.35. The van der Waals surface area contributed by atoms with Crippen LogP contribution in [0.25, 0.3) is 0 Å². The fourth-order valence-corrected chi connectivity index (χ4v) is 3.84. The van der Waals surface area contributed by atoms with Crippen LogP contribution in [0.3, 0.4) is 0 Å². The van der Waals surface area contributed by atoms with Gasteiger partial charge in [0.15, 0.2) is 9.84 Å². The fraction of sp³-hybridized carbons (Fsp3) is 0.500. The smallest absolute Gasteiger partial charge is 0.151 e. The van der Waals surface area contributed by atoms with Gasteiger partial charge in [-0.2, -0.15) is 0 Å². The summed E-state index contributed by atoms with van der Waals surface area (Å²) < 4.78 is 22.7. The lowest BCUT2D eigenvalue weighted by Gasteiger charge is -2.20. The Kier molecular flexibility index (Phi) is 3.81. The maximum absolute atomic E-state index is 11.3. The molecule has 1 saturated heterocycles. The van der Waals surface area contributed by atoms with E-state index >= 15 is 0 Å². The van der Waals surface area contributed by atoms with E-state index in [9.17, 15) is 13.5 Å². The summed E-state index contributed by atoms with van der Waals surface area (Å²) in [5, 5.41) is 12.6. The third-order valence-corrected chi connectivity index (χ3v) is 4.82. The number of nitrogens with one attached hydrogen (secondary N) is 1. The topological polar surface area (TPSA) is 66.4 Å². The lowest BCUT2D eigenvalue weighted by atomic mass is 10.1. The zero-order valence-electron chi connectivity index (χ0n) is 9.54. The molecule has 0 spiro atoms. The van der Waals surface area contributed by atoms with Gasteiger partial charge in [0.2, 0.25) is 0 Å². The van der Waals surface area contributed by atoms with Gasteiger partial charge in [-0.15, -0.1) is 0 Å². The van der Waals surface area contributed by atoms with Gasteiger partial charge in [-0.25, -0.2) is 8.42 Å². The summed E-state index contributed by atoms with van der Waals surface area (Å²) in [5.74, 6) is 0.425. The zero-order chi connectivity index (χ0) is 12.3. The second-order valence-electron chi connectivity index (χ2n) is 4.41. The highest BCUT2D eigenvalue weighted by Crippen LogP contribution is 2.17. The highest BCUT2D eigenvalue weighted by atomic mass is 32.2. The monoisotopic (exact) mass is 255 g/mol. The number of hydrogen-bond donors (Lipinski definition) is 2. The van der Waals surface area contributed by atoms with Crippen molar-refractivity contribution < 1.29 is 13.5 Å². The Morgan fingerprint density at radius 2 is 2.06 bits per heavy atom. The third kappa shape index (κ3) is 3.28. The molecule has 1 aromatic rings. The van der Waals surface area contributed by atoms with E-state index < -0.39 is 9.84 Å². The number of aliphatic hydroxyl groups excluding tert-OH is 1. The van der Waals surface area contributed by atoms with Crippen LogP contribution in [0.5, 0.6) is 0 Å².